The van der Waals surface area contributed by atoms with Gasteiger partial charge in [0, 0.05) is 16.1 Å². The second-order valence-corrected chi connectivity index (χ2v) is 7.09. The predicted octanol–water partition coefficient (Wildman–Crippen LogP) is 3.77. The smallest absolute Gasteiger partial charge is 0.350 e. The van der Waals surface area contributed by atoms with Crippen LogP contribution in [0.1, 0.15) is 29.4 Å². The minimum atomic E-state index is -0.675. The van der Waals surface area contributed by atoms with Gasteiger partial charge in [0.05, 0.1) is 5.02 Å². The van der Waals surface area contributed by atoms with Gasteiger partial charge in [0.1, 0.15) is 10.7 Å². The molecule has 0 saturated heterocycles. The van der Waals surface area contributed by atoms with E-state index in [4.69, 9.17) is 16.3 Å². The first-order valence-electron chi connectivity index (χ1n) is 7.29. The number of hydrogen-bond donors (Lipinski definition) is 1. The van der Waals surface area contributed by atoms with E-state index in [0.717, 1.165) is 24.2 Å². The average molecular weight is 356 g/mol. The lowest BCUT2D eigenvalue weighted by Crippen LogP contribution is -2.37. The fraction of sp³-hybridized carbons (Fsp3) is 0.375. The van der Waals surface area contributed by atoms with Gasteiger partial charge >= 0.3 is 5.97 Å². The molecule has 0 bridgehead atoms. The van der Waals surface area contributed by atoms with E-state index < -0.39 is 11.8 Å². The summed E-state index contributed by atoms with van der Waals surface area (Å²) in [5, 5.41) is 3.62. The fourth-order valence-corrected chi connectivity index (χ4v) is 3.80. The van der Waals surface area contributed by atoms with Crippen LogP contribution in [-0.2, 0) is 9.53 Å². The summed E-state index contributed by atoms with van der Waals surface area (Å²) in [4.78, 5) is 24.0. The number of benzene rings is 1. The Morgan fingerprint density at radius 2 is 2.22 bits per heavy atom. The molecule has 2 aromatic rings. The Labute approximate surface area is 141 Å². The SMILES string of the molecule is C[C@@H](NC(=O)COC(=O)c1sc2cc(F)ccc2c1Cl)C1CC1. The summed E-state index contributed by atoms with van der Waals surface area (Å²) in [7, 11) is 0. The van der Waals surface area contributed by atoms with Crippen molar-refractivity contribution in [1.82, 2.24) is 5.32 Å². The van der Waals surface area contributed by atoms with Crippen LogP contribution in [0.5, 0.6) is 0 Å². The van der Waals surface area contributed by atoms with Crippen LogP contribution >= 0.6 is 22.9 Å². The number of ether oxygens (including phenoxy) is 1. The first-order chi connectivity index (χ1) is 11.0. The van der Waals surface area contributed by atoms with E-state index in [0.29, 0.717) is 16.0 Å². The summed E-state index contributed by atoms with van der Waals surface area (Å²) in [5.74, 6) is -0.878. The van der Waals surface area contributed by atoms with Crippen LogP contribution in [0, 0.1) is 11.7 Å². The number of carbonyl (C=O) groups is 2. The van der Waals surface area contributed by atoms with E-state index in [2.05, 4.69) is 5.32 Å². The van der Waals surface area contributed by atoms with Crippen molar-refractivity contribution in [2.24, 2.45) is 5.92 Å². The number of amides is 1. The van der Waals surface area contributed by atoms with Gasteiger partial charge in [-0.25, -0.2) is 9.18 Å². The minimum absolute atomic E-state index is 0.0945. The summed E-state index contributed by atoms with van der Waals surface area (Å²) in [5.41, 5.74) is 0. The topological polar surface area (TPSA) is 55.4 Å². The van der Waals surface area contributed by atoms with Crippen molar-refractivity contribution < 1.29 is 18.7 Å². The zero-order valence-corrected chi connectivity index (χ0v) is 14.0. The molecule has 0 unspecified atom stereocenters. The Bertz CT molecular complexity index is 772. The summed E-state index contributed by atoms with van der Waals surface area (Å²) >= 11 is 7.19. The highest BCUT2D eigenvalue weighted by Crippen LogP contribution is 2.36. The van der Waals surface area contributed by atoms with Crippen molar-refractivity contribution >= 4 is 44.9 Å². The van der Waals surface area contributed by atoms with Gasteiger partial charge < -0.3 is 10.1 Å². The molecule has 122 valence electrons. The third kappa shape index (κ3) is 3.64. The van der Waals surface area contributed by atoms with Crippen molar-refractivity contribution in [3.8, 4) is 0 Å². The number of fused-ring (bicyclic) bond motifs is 1. The lowest BCUT2D eigenvalue weighted by atomic mass is 10.2. The standard InChI is InChI=1S/C16H15ClFNO3S/c1-8(9-2-3-9)19-13(20)7-22-16(21)15-14(17)11-5-4-10(18)6-12(11)23-15/h4-6,8-9H,2-3,7H2,1H3,(H,19,20)/t8-/m1/s1. The molecule has 1 fully saturated rings. The molecule has 1 aliphatic rings. The van der Waals surface area contributed by atoms with Crippen LogP contribution in [0.3, 0.4) is 0 Å². The molecule has 1 atom stereocenters. The second-order valence-electron chi connectivity index (χ2n) is 5.66. The Balaban J connectivity index is 1.63. The Morgan fingerprint density at radius 1 is 1.48 bits per heavy atom. The third-order valence-electron chi connectivity index (χ3n) is 3.83. The molecule has 1 N–H and O–H groups in total. The first kappa shape index (κ1) is 16.2. The fourth-order valence-electron chi connectivity index (χ4n) is 2.38. The quantitative estimate of drug-likeness (QED) is 0.831. The number of rotatable bonds is 5. The van der Waals surface area contributed by atoms with E-state index in [1.807, 2.05) is 6.92 Å². The zero-order valence-electron chi connectivity index (χ0n) is 12.4. The highest BCUT2D eigenvalue weighted by atomic mass is 35.5. The summed E-state index contributed by atoms with van der Waals surface area (Å²) < 4.78 is 18.8. The minimum Gasteiger partial charge on any atom is -0.451 e. The summed E-state index contributed by atoms with van der Waals surface area (Å²) in [6.07, 6.45) is 2.24. The Kier molecular flexibility index (Phi) is 4.55. The van der Waals surface area contributed by atoms with Gasteiger partial charge in [-0.3, -0.25) is 4.79 Å². The van der Waals surface area contributed by atoms with Crippen LogP contribution in [-0.4, -0.2) is 24.5 Å². The molecule has 3 rings (SSSR count). The van der Waals surface area contributed by atoms with E-state index in [1.54, 1.807) is 0 Å². The number of nitrogens with one attached hydrogen (secondary N) is 1. The number of thiophene rings is 1. The second kappa shape index (κ2) is 6.45. The molecule has 0 spiro atoms. The molecule has 1 heterocycles. The van der Waals surface area contributed by atoms with Gasteiger partial charge in [-0.2, -0.15) is 0 Å². The molecule has 23 heavy (non-hydrogen) atoms. The van der Waals surface area contributed by atoms with E-state index in [9.17, 15) is 14.0 Å². The van der Waals surface area contributed by atoms with Crippen molar-refractivity contribution in [2.45, 2.75) is 25.8 Å². The van der Waals surface area contributed by atoms with Gasteiger partial charge in [-0.1, -0.05) is 11.6 Å². The summed E-state index contributed by atoms with van der Waals surface area (Å²) in [6.45, 7) is 1.59. The van der Waals surface area contributed by atoms with Crippen LogP contribution in [0.15, 0.2) is 18.2 Å². The van der Waals surface area contributed by atoms with E-state index >= 15 is 0 Å². The number of carbonyl (C=O) groups excluding carboxylic acids is 2. The van der Waals surface area contributed by atoms with E-state index in [1.165, 1.54) is 18.2 Å². The maximum absolute atomic E-state index is 13.2. The molecule has 0 aliphatic heterocycles. The summed E-state index contributed by atoms with van der Waals surface area (Å²) in [6, 6.07) is 4.21. The van der Waals surface area contributed by atoms with Crippen molar-refractivity contribution in [3.05, 3.63) is 33.9 Å². The monoisotopic (exact) mass is 355 g/mol. The molecule has 1 aliphatic carbocycles. The molecule has 1 aromatic carbocycles. The normalized spacial score (nSPS) is 15.4. The van der Waals surface area contributed by atoms with Crippen LogP contribution in [0.4, 0.5) is 4.39 Å². The van der Waals surface area contributed by atoms with Crippen molar-refractivity contribution in [3.63, 3.8) is 0 Å². The van der Waals surface area contributed by atoms with Gasteiger partial charge in [0.15, 0.2) is 6.61 Å². The highest BCUT2D eigenvalue weighted by Gasteiger charge is 2.29. The predicted molar refractivity (Wildman–Crippen MR) is 87.4 cm³/mol. The molecule has 0 radical (unpaired) electrons. The third-order valence-corrected chi connectivity index (χ3v) is 5.47. The molecule has 1 amide bonds. The molecule has 1 aromatic heterocycles. The molecule has 4 nitrogen and oxygen atoms in total. The van der Waals surface area contributed by atoms with Gasteiger partial charge in [-0.15, -0.1) is 11.3 Å². The van der Waals surface area contributed by atoms with Crippen molar-refractivity contribution in [1.29, 1.82) is 0 Å². The van der Waals surface area contributed by atoms with Crippen molar-refractivity contribution in [2.75, 3.05) is 6.61 Å². The lowest BCUT2D eigenvalue weighted by molar-refractivity contribution is -0.124. The number of halogens is 2. The molecular formula is C16H15ClFNO3S. The van der Waals surface area contributed by atoms with Crippen LogP contribution in [0.25, 0.3) is 10.1 Å². The molecular weight excluding hydrogens is 341 g/mol. The van der Waals surface area contributed by atoms with Gasteiger partial charge in [0.25, 0.3) is 5.91 Å². The Morgan fingerprint density at radius 3 is 2.91 bits per heavy atom. The number of esters is 1. The highest BCUT2D eigenvalue weighted by molar-refractivity contribution is 7.21. The Hall–Kier alpha value is -1.66. The maximum Gasteiger partial charge on any atom is 0.350 e. The first-order valence-corrected chi connectivity index (χ1v) is 8.49. The largest absolute Gasteiger partial charge is 0.451 e. The van der Waals surface area contributed by atoms with Crippen LogP contribution < -0.4 is 5.32 Å². The average Bonchev–Trinajstić information content (AvgIpc) is 3.30. The molecule has 7 heteroatoms. The zero-order chi connectivity index (χ0) is 16.6. The van der Waals surface area contributed by atoms with E-state index in [-0.39, 0.29) is 28.5 Å². The van der Waals surface area contributed by atoms with Crippen LogP contribution in [0.2, 0.25) is 5.02 Å². The maximum atomic E-state index is 13.2. The lowest BCUT2D eigenvalue weighted by Gasteiger charge is -2.12. The molecule has 1 saturated carbocycles. The van der Waals surface area contributed by atoms with Gasteiger partial charge in [-0.05, 0) is 43.9 Å². The number of hydrogen-bond acceptors (Lipinski definition) is 4. The van der Waals surface area contributed by atoms with Gasteiger partial charge in [0.2, 0.25) is 0 Å².